The van der Waals surface area contributed by atoms with Crippen molar-refractivity contribution >= 4 is 28.6 Å². The molecule has 0 atom stereocenters. The van der Waals surface area contributed by atoms with Gasteiger partial charge in [0.15, 0.2) is 0 Å². The fourth-order valence-corrected chi connectivity index (χ4v) is 2.31. The molecule has 0 saturated carbocycles. The third kappa shape index (κ3) is 2.50. The van der Waals surface area contributed by atoms with Crippen molar-refractivity contribution in [3.8, 4) is 5.75 Å². The molecule has 1 aromatic heterocycles. The SMILES string of the molecule is COc1cccc2c(SCC(=O)O)ccnc12. The Balaban J connectivity index is 2.46. The number of hydrogen-bond acceptors (Lipinski definition) is 4. The lowest BCUT2D eigenvalue weighted by Gasteiger charge is -2.07. The summed E-state index contributed by atoms with van der Waals surface area (Å²) in [7, 11) is 1.59. The minimum atomic E-state index is -0.831. The van der Waals surface area contributed by atoms with Crippen LogP contribution in [-0.4, -0.2) is 28.9 Å². The highest BCUT2D eigenvalue weighted by Gasteiger charge is 2.08. The molecule has 0 saturated heterocycles. The van der Waals surface area contributed by atoms with Crippen molar-refractivity contribution in [1.82, 2.24) is 4.98 Å². The predicted molar refractivity (Wildman–Crippen MR) is 66.7 cm³/mol. The van der Waals surface area contributed by atoms with Gasteiger partial charge >= 0.3 is 5.97 Å². The molecular formula is C12H11NO3S. The quantitative estimate of drug-likeness (QED) is 0.843. The molecule has 1 heterocycles. The van der Waals surface area contributed by atoms with E-state index in [-0.39, 0.29) is 5.75 Å². The van der Waals surface area contributed by atoms with Gasteiger partial charge in [-0.1, -0.05) is 12.1 Å². The van der Waals surface area contributed by atoms with Crippen molar-refractivity contribution in [2.45, 2.75) is 4.90 Å². The largest absolute Gasteiger partial charge is 0.494 e. The monoisotopic (exact) mass is 249 g/mol. The Labute approximate surface area is 103 Å². The predicted octanol–water partition coefficient (Wildman–Crippen LogP) is 2.42. The number of benzene rings is 1. The van der Waals surface area contributed by atoms with Crippen LogP contribution in [-0.2, 0) is 4.79 Å². The van der Waals surface area contributed by atoms with Gasteiger partial charge in [0.05, 0.1) is 12.9 Å². The molecule has 5 heteroatoms. The van der Waals surface area contributed by atoms with Crippen LogP contribution in [0, 0.1) is 0 Å². The van der Waals surface area contributed by atoms with Gasteiger partial charge in [-0.25, -0.2) is 0 Å². The molecular weight excluding hydrogens is 238 g/mol. The van der Waals surface area contributed by atoms with Crippen LogP contribution in [0.4, 0.5) is 0 Å². The molecule has 0 aliphatic carbocycles. The van der Waals surface area contributed by atoms with Crippen LogP contribution < -0.4 is 4.74 Å². The molecule has 0 aliphatic rings. The van der Waals surface area contributed by atoms with Crippen molar-refractivity contribution in [2.24, 2.45) is 0 Å². The van der Waals surface area contributed by atoms with E-state index < -0.39 is 5.97 Å². The Bertz CT molecular complexity index is 556. The number of carboxylic acid groups (broad SMARTS) is 1. The first-order valence-corrected chi connectivity index (χ1v) is 5.97. The number of hydrogen-bond donors (Lipinski definition) is 1. The summed E-state index contributed by atoms with van der Waals surface area (Å²) in [6.45, 7) is 0. The summed E-state index contributed by atoms with van der Waals surface area (Å²) < 4.78 is 5.22. The van der Waals surface area contributed by atoms with Gasteiger partial charge in [0.2, 0.25) is 0 Å². The molecule has 2 aromatic rings. The molecule has 0 radical (unpaired) electrons. The first kappa shape index (κ1) is 11.7. The van der Waals surface area contributed by atoms with Gasteiger partial charge in [-0.3, -0.25) is 9.78 Å². The summed E-state index contributed by atoms with van der Waals surface area (Å²) in [4.78, 5) is 15.7. The number of carbonyl (C=O) groups is 1. The molecule has 0 fully saturated rings. The number of nitrogens with zero attached hydrogens (tertiary/aromatic N) is 1. The van der Waals surface area contributed by atoms with E-state index in [1.165, 1.54) is 11.8 Å². The highest BCUT2D eigenvalue weighted by atomic mass is 32.2. The molecule has 0 unspecified atom stereocenters. The summed E-state index contributed by atoms with van der Waals surface area (Å²) in [6, 6.07) is 7.43. The van der Waals surface area contributed by atoms with Gasteiger partial charge in [0, 0.05) is 16.5 Å². The maximum Gasteiger partial charge on any atom is 0.313 e. The average molecular weight is 249 g/mol. The van der Waals surface area contributed by atoms with E-state index in [9.17, 15) is 4.79 Å². The molecule has 4 nitrogen and oxygen atoms in total. The normalized spacial score (nSPS) is 10.4. The molecule has 17 heavy (non-hydrogen) atoms. The van der Waals surface area contributed by atoms with Crippen LogP contribution in [0.5, 0.6) is 5.75 Å². The number of methoxy groups -OCH3 is 1. The number of aliphatic carboxylic acids is 1. The Morgan fingerprint density at radius 3 is 3.00 bits per heavy atom. The fourth-order valence-electron chi connectivity index (χ4n) is 1.55. The van der Waals surface area contributed by atoms with Gasteiger partial charge in [-0.05, 0) is 12.1 Å². The zero-order valence-corrected chi connectivity index (χ0v) is 10.0. The number of rotatable bonds is 4. The zero-order valence-electron chi connectivity index (χ0n) is 9.21. The van der Waals surface area contributed by atoms with Crippen molar-refractivity contribution in [1.29, 1.82) is 0 Å². The smallest absolute Gasteiger partial charge is 0.313 e. The number of para-hydroxylation sites is 1. The van der Waals surface area contributed by atoms with Crippen LogP contribution in [0.25, 0.3) is 10.9 Å². The Morgan fingerprint density at radius 2 is 2.29 bits per heavy atom. The summed E-state index contributed by atoms with van der Waals surface area (Å²) in [5.74, 6) is -0.0980. The van der Waals surface area contributed by atoms with Crippen molar-refractivity contribution in [3.63, 3.8) is 0 Å². The van der Waals surface area contributed by atoms with Crippen LogP contribution >= 0.6 is 11.8 Å². The van der Waals surface area contributed by atoms with E-state index >= 15 is 0 Å². The summed E-state index contributed by atoms with van der Waals surface area (Å²) in [5, 5.41) is 9.60. The van der Waals surface area contributed by atoms with E-state index in [1.54, 1.807) is 13.3 Å². The van der Waals surface area contributed by atoms with Gasteiger partial charge < -0.3 is 9.84 Å². The van der Waals surface area contributed by atoms with Crippen LogP contribution in [0.15, 0.2) is 35.4 Å². The van der Waals surface area contributed by atoms with E-state index in [0.29, 0.717) is 5.75 Å². The van der Waals surface area contributed by atoms with Gasteiger partial charge in [-0.15, -0.1) is 11.8 Å². The Morgan fingerprint density at radius 1 is 1.47 bits per heavy atom. The van der Waals surface area contributed by atoms with E-state index in [4.69, 9.17) is 9.84 Å². The highest BCUT2D eigenvalue weighted by Crippen LogP contribution is 2.31. The minimum absolute atomic E-state index is 0.0380. The van der Waals surface area contributed by atoms with Crippen LogP contribution in [0.2, 0.25) is 0 Å². The van der Waals surface area contributed by atoms with E-state index in [2.05, 4.69) is 4.98 Å². The molecule has 2 rings (SSSR count). The molecule has 0 amide bonds. The van der Waals surface area contributed by atoms with Crippen LogP contribution in [0.3, 0.4) is 0 Å². The topological polar surface area (TPSA) is 59.4 Å². The van der Waals surface area contributed by atoms with Gasteiger partial charge in [0.25, 0.3) is 0 Å². The van der Waals surface area contributed by atoms with Gasteiger partial charge in [-0.2, -0.15) is 0 Å². The summed E-state index contributed by atoms with van der Waals surface area (Å²) in [5.41, 5.74) is 0.755. The highest BCUT2D eigenvalue weighted by molar-refractivity contribution is 8.00. The molecule has 88 valence electrons. The second-order valence-electron chi connectivity index (χ2n) is 3.35. The number of ether oxygens (including phenoxy) is 1. The molecule has 1 N–H and O–H groups in total. The average Bonchev–Trinajstić information content (AvgIpc) is 2.35. The minimum Gasteiger partial charge on any atom is -0.494 e. The van der Waals surface area contributed by atoms with Crippen molar-refractivity contribution in [2.75, 3.05) is 12.9 Å². The number of aromatic nitrogens is 1. The number of fused-ring (bicyclic) bond motifs is 1. The number of carboxylic acids is 1. The summed E-state index contributed by atoms with van der Waals surface area (Å²) >= 11 is 1.28. The molecule has 0 bridgehead atoms. The first-order chi connectivity index (χ1) is 8.22. The zero-order chi connectivity index (χ0) is 12.3. The van der Waals surface area contributed by atoms with Crippen molar-refractivity contribution in [3.05, 3.63) is 30.5 Å². The number of thioether (sulfide) groups is 1. The molecule has 0 spiro atoms. The number of pyridine rings is 1. The lowest BCUT2D eigenvalue weighted by molar-refractivity contribution is -0.133. The molecule has 1 aromatic carbocycles. The third-order valence-electron chi connectivity index (χ3n) is 2.27. The second kappa shape index (κ2) is 5.05. The van der Waals surface area contributed by atoms with E-state index in [1.807, 2.05) is 24.3 Å². The lowest BCUT2D eigenvalue weighted by atomic mass is 10.2. The Hall–Kier alpha value is -1.75. The fraction of sp³-hybridized carbons (Fsp3) is 0.167. The standard InChI is InChI=1S/C12H11NO3S/c1-16-9-4-2-3-8-10(17-7-11(14)15)5-6-13-12(8)9/h2-6H,7H2,1H3,(H,14,15). The lowest BCUT2D eigenvalue weighted by Crippen LogP contribution is -1.97. The first-order valence-electron chi connectivity index (χ1n) is 4.98. The maximum absolute atomic E-state index is 10.6. The second-order valence-corrected chi connectivity index (χ2v) is 4.37. The van der Waals surface area contributed by atoms with Gasteiger partial charge in [0.1, 0.15) is 11.3 Å². The summed E-state index contributed by atoms with van der Waals surface area (Å²) in [6.07, 6.45) is 1.66. The third-order valence-corrected chi connectivity index (χ3v) is 3.32. The Kier molecular flexibility index (Phi) is 3.49. The van der Waals surface area contributed by atoms with E-state index in [0.717, 1.165) is 15.8 Å². The maximum atomic E-state index is 10.6. The van der Waals surface area contributed by atoms with Crippen LogP contribution in [0.1, 0.15) is 0 Å². The molecule has 0 aliphatic heterocycles. The van der Waals surface area contributed by atoms with Crippen molar-refractivity contribution < 1.29 is 14.6 Å².